The monoisotopic (exact) mass is 247 g/mol. The van der Waals surface area contributed by atoms with Crippen LogP contribution in [0.4, 0.5) is 0 Å². The molecule has 1 fully saturated rings. The molecule has 3 atom stereocenters. The van der Waals surface area contributed by atoms with E-state index in [2.05, 4.69) is 36.1 Å². The third-order valence-electron chi connectivity index (χ3n) is 4.07. The van der Waals surface area contributed by atoms with Crippen molar-refractivity contribution in [1.82, 2.24) is 4.90 Å². The minimum absolute atomic E-state index is 0.371. The van der Waals surface area contributed by atoms with Crippen LogP contribution in [0.2, 0.25) is 0 Å². The number of carboxylic acid groups (broad SMARTS) is 1. The maximum absolute atomic E-state index is 11.0. The SMILES string of the molecule is C[C@@H]1CN([C@H](C)C(=O)O)CC[C@@H]1c1ccccc1. The molecule has 1 aliphatic heterocycles. The van der Waals surface area contributed by atoms with Gasteiger partial charge in [0.15, 0.2) is 0 Å². The lowest BCUT2D eigenvalue weighted by Crippen LogP contribution is -2.46. The van der Waals surface area contributed by atoms with Gasteiger partial charge in [-0.25, -0.2) is 0 Å². The lowest BCUT2D eigenvalue weighted by Gasteiger charge is -2.39. The molecule has 0 aromatic heterocycles. The summed E-state index contributed by atoms with van der Waals surface area (Å²) < 4.78 is 0. The number of hydrogen-bond acceptors (Lipinski definition) is 2. The molecule has 0 saturated carbocycles. The zero-order chi connectivity index (χ0) is 13.1. The minimum Gasteiger partial charge on any atom is -0.480 e. The summed E-state index contributed by atoms with van der Waals surface area (Å²) in [6.45, 7) is 5.74. The zero-order valence-electron chi connectivity index (χ0n) is 11.0. The standard InChI is InChI=1S/C15H21NO2/c1-11-10-16(12(2)15(17)18)9-8-14(11)13-6-4-3-5-7-13/h3-7,11-12,14H,8-10H2,1-2H3,(H,17,18)/t11-,12-,14+/m1/s1. The minimum atomic E-state index is -0.722. The van der Waals surface area contributed by atoms with Crippen LogP contribution in [0.5, 0.6) is 0 Å². The Hall–Kier alpha value is -1.35. The molecule has 3 heteroatoms. The van der Waals surface area contributed by atoms with Gasteiger partial charge in [0.05, 0.1) is 0 Å². The Morgan fingerprint density at radius 3 is 2.61 bits per heavy atom. The zero-order valence-corrected chi connectivity index (χ0v) is 11.0. The van der Waals surface area contributed by atoms with Gasteiger partial charge in [0.25, 0.3) is 0 Å². The number of likely N-dealkylation sites (tertiary alicyclic amines) is 1. The molecule has 0 unspecified atom stereocenters. The lowest BCUT2D eigenvalue weighted by atomic mass is 9.81. The molecule has 0 radical (unpaired) electrons. The molecule has 0 spiro atoms. The van der Waals surface area contributed by atoms with Crippen LogP contribution >= 0.6 is 0 Å². The molecule has 3 nitrogen and oxygen atoms in total. The van der Waals surface area contributed by atoms with Gasteiger partial charge in [0, 0.05) is 6.54 Å². The van der Waals surface area contributed by atoms with E-state index in [0.29, 0.717) is 11.8 Å². The van der Waals surface area contributed by atoms with Crippen molar-refractivity contribution in [2.24, 2.45) is 5.92 Å². The van der Waals surface area contributed by atoms with Crippen molar-refractivity contribution >= 4 is 5.97 Å². The Kier molecular flexibility index (Phi) is 4.02. The first kappa shape index (κ1) is 13.1. The smallest absolute Gasteiger partial charge is 0.320 e. The van der Waals surface area contributed by atoms with Crippen LogP contribution in [0, 0.1) is 5.92 Å². The molecule has 1 aromatic carbocycles. The number of carboxylic acids is 1. The van der Waals surface area contributed by atoms with Crippen molar-refractivity contribution in [1.29, 1.82) is 0 Å². The van der Waals surface area contributed by atoms with Crippen LogP contribution in [-0.2, 0) is 4.79 Å². The van der Waals surface area contributed by atoms with E-state index in [0.717, 1.165) is 19.5 Å². The highest BCUT2D eigenvalue weighted by molar-refractivity contribution is 5.72. The average Bonchev–Trinajstić information content (AvgIpc) is 2.38. The van der Waals surface area contributed by atoms with Gasteiger partial charge in [-0.2, -0.15) is 0 Å². The molecular weight excluding hydrogens is 226 g/mol. The molecule has 1 saturated heterocycles. The molecule has 1 heterocycles. The Labute approximate surface area is 108 Å². The quantitative estimate of drug-likeness (QED) is 0.892. The van der Waals surface area contributed by atoms with Crippen LogP contribution in [0.1, 0.15) is 31.7 Å². The van der Waals surface area contributed by atoms with E-state index in [1.54, 1.807) is 6.92 Å². The van der Waals surface area contributed by atoms with Gasteiger partial charge >= 0.3 is 5.97 Å². The molecule has 0 bridgehead atoms. The van der Waals surface area contributed by atoms with Gasteiger partial charge in [0.2, 0.25) is 0 Å². The topological polar surface area (TPSA) is 40.5 Å². The molecule has 1 aliphatic rings. The van der Waals surface area contributed by atoms with Gasteiger partial charge in [-0.05, 0) is 37.3 Å². The number of rotatable bonds is 3. The average molecular weight is 247 g/mol. The molecular formula is C15H21NO2. The molecule has 98 valence electrons. The van der Waals surface area contributed by atoms with Gasteiger partial charge in [-0.1, -0.05) is 37.3 Å². The maximum Gasteiger partial charge on any atom is 0.320 e. The van der Waals surface area contributed by atoms with Crippen LogP contribution in [-0.4, -0.2) is 35.1 Å². The third-order valence-corrected chi connectivity index (χ3v) is 4.07. The summed E-state index contributed by atoms with van der Waals surface area (Å²) >= 11 is 0. The summed E-state index contributed by atoms with van der Waals surface area (Å²) in [4.78, 5) is 13.1. The summed E-state index contributed by atoms with van der Waals surface area (Å²) in [5.41, 5.74) is 1.38. The molecule has 1 N–H and O–H groups in total. The van der Waals surface area contributed by atoms with Crippen molar-refractivity contribution in [2.45, 2.75) is 32.2 Å². The third kappa shape index (κ3) is 2.72. The highest BCUT2D eigenvalue weighted by Crippen LogP contribution is 2.33. The number of aliphatic carboxylic acids is 1. The van der Waals surface area contributed by atoms with E-state index in [1.165, 1.54) is 5.56 Å². The number of piperidine rings is 1. The second-order valence-corrected chi connectivity index (χ2v) is 5.29. The van der Waals surface area contributed by atoms with Gasteiger partial charge < -0.3 is 5.11 Å². The van der Waals surface area contributed by atoms with E-state index >= 15 is 0 Å². The highest BCUT2D eigenvalue weighted by Gasteiger charge is 2.31. The first-order valence-electron chi connectivity index (χ1n) is 6.61. The van der Waals surface area contributed by atoms with E-state index in [1.807, 2.05) is 6.07 Å². The molecule has 2 rings (SSSR count). The second-order valence-electron chi connectivity index (χ2n) is 5.29. The van der Waals surface area contributed by atoms with Crippen molar-refractivity contribution in [2.75, 3.05) is 13.1 Å². The van der Waals surface area contributed by atoms with E-state index < -0.39 is 5.97 Å². The van der Waals surface area contributed by atoms with Crippen molar-refractivity contribution < 1.29 is 9.90 Å². The van der Waals surface area contributed by atoms with E-state index in [9.17, 15) is 4.79 Å². The Bertz CT molecular complexity index is 404. The second kappa shape index (κ2) is 5.53. The van der Waals surface area contributed by atoms with Crippen LogP contribution < -0.4 is 0 Å². The van der Waals surface area contributed by atoms with Crippen molar-refractivity contribution in [3.05, 3.63) is 35.9 Å². The Morgan fingerprint density at radius 1 is 1.39 bits per heavy atom. The van der Waals surface area contributed by atoms with E-state index in [4.69, 9.17) is 5.11 Å². The first-order valence-corrected chi connectivity index (χ1v) is 6.61. The van der Waals surface area contributed by atoms with Crippen LogP contribution in [0.25, 0.3) is 0 Å². The number of carbonyl (C=O) groups is 1. The van der Waals surface area contributed by atoms with Crippen molar-refractivity contribution in [3.63, 3.8) is 0 Å². The number of hydrogen-bond donors (Lipinski definition) is 1. The summed E-state index contributed by atoms with van der Waals surface area (Å²) in [7, 11) is 0. The molecule has 18 heavy (non-hydrogen) atoms. The number of benzene rings is 1. The number of nitrogens with zero attached hydrogens (tertiary/aromatic N) is 1. The predicted octanol–water partition coefficient (Wildman–Crippen LogP) is 2.59. The van der Waals surface area contributed by atoms with Crippen LogP contribution in [0.3, 0.4) is 0 Å². The van der Waals surface area contributed by atoms with Gasteiger partial charge in [-0.3, -0.25) is 9.69 Å². The van der Waals surface area contributed by atoms with Crippen molar-refractivity contribution in [3.8, 4) is 0 Å². The summed E-state index contributed by atoms with van der Waals surface area (Å²) in [6, 6.07) is 10.2. The highest BCUT2D eigenvalue weighted by atomic mass is 16.4. The fourth-order valence-corrected chi connectivity index (χ4v) is 2.88. The normalized spacial score (nSPS) is 26.8. The Balaban J connectivity index is 2.03. The van der Waals surface area contributed by atoms with Gasteiger partial charge in [0.1, 0.15) is 6.04 Å². The molecule has 0 aliphatic carbocycles. The summed E-state index contributed by atoms with van der Waals surface area (Å²) in [6.07, 6.45) is 1.04. The largest absolute Gasteiger partial charge is 0.480 e. The first-order chi connectivity index (χ1) is 8.59. The lowest BCUT2D eigenvalue weighted by molar-refractivity contribution is -0.143. The summed E-state index contributed by atoms with van der Waals surface area (Å²) in [5, 5.41) is 9.06. The molecule has 0 amide bonds. The van der Waals surface area contributed by atoms with Gasteiger partial charge in [-0.15, -0.1) is 0 Å². The summed E-state index contributed by atoms with van der Waals surface area (Å²) in [5.74, 6) is 0.340. The van der Waals surface area contributed by atoms with E-state index in [-0.39, 0.29) is 6.04 Å². The predicted molar refractivity (Wildman–Crippen MR) is 71.6 cm³/mol. The maximum atomic E-state index is 11.0. The Morgan fingerprint density at radius 2 is 2.06 bits per heavy atom. The van der Waals surface area contributed by atoms with Crippen LogP contribution in [0.15, 0.2) is 30.3 Å². The fraction of sp³-hybridized carbons (Fsp3) is 0.533. The molecule has 1 aromatic rings. The fourth-order valence-electron chi connectivity index (χ4n) is 2.88.